The van der Waals surface area contributed by atoms with Crippen LogP contribution in [0.2, 0.25) is 0 Å². The second-order valence-corrected chi connectivity index (χ2v) is 1.85. The van der Waals surface area contributed by atoms with Crippen LogP contribution in [0.5, 0.6) is 0 Å². The minimum absolute atomic E-state index is 0. The molecule has 1 atom stereocenters. The molecule has 0 aromatic rings. The Morgan fingerprint density at radius 3 is 2.20 bits per heavy atom. The van der Waals surface area contributed by atoms with Crippen molar-refractivity contribution in [3.63, 3.8) is 0 Å². The fourth-order valence-electron chi connectivity index (χ4n) is 0.543. The van der Waals surface area contributed by atoms with E-state index in [9.17, 15) is 4.79 Å². The van der Waals surface area contributed by atoms with Gasteiger partial charge in [-0.25, -0.2) is 0 Å². The molecule has 5 N–H and O–H groups in total. The molecule has 0 amide bonds. The summed E-state index contributed by atoms with van der Waals surface area (Å²) in [6, 6.07) is 0. The van der Waals surface area contributed by atoms with Crippen LogP contribution < -0.4 is 41.0 Å². The second-order valence-electron chi connectivity index (χ2n) is 1.85. The molecule has 0 rings (SSSR count). The summed E-state index contributed by atoms with van der Waals surface area (Å²) < 4.78 is 0. The Labute approximate surface area is 83.7 Å². The Kier molecular flexibility index (Phi) is 9.76. The zero-order chi connectivity index (χ0) is 7.28. The third-order valence-corrected chi connectivity index (χ3v) is 1.15. The number of hydrogen-bond acceptors (Lipinski definition) is 3. The molecule has 0 saturated carbocycles. The normalized spacial score (nSPS) is 11.8. The van der Waals surface area contributed by atoms with Crippen LogP contribution in [0.1, 0.15) is 7.85 Å². The van der Waals surface area contributed by atoms with E-state index in [0.717, 1.165) is 0 Å². The number of carbonyl (C=O) groups is 1. The number of nitrogens with two attached hydrogens (primary N) is 2. The van der Waals surface area contributed by atoms with Crippen LogP contribution in [0.25, 0.3) is 0 Å². The van der Waals surface area contributed by atoms with Gasteiger partial charge >= 0.3 is 35.5 Å². The standard InChI is InChI=1S/C5H12N2O2.Na.H/c6-2-1-4(3-7)5(8)9;;/h4H,1-3,6-7H2,(H,8,9);;/q;+1;-1. The SMILES string of the molecule is NCCC(CN)C(=O)O.[H-].[Na+]. The van der Waals surface area contributed by atoms with Crippen LogP contribution in [0.15, 0.2) is 0 Å². The van der Waals surface area contributed by atoms with Crippen LogP contribution in [0.4, 0.5) is 0 Å². The van der Waals surface area contributed by atoms with Gasteiger partial charge in [-0.1, -0.05) is 0 Å². The van der Waals surface area contributed by atoms with Gasteiger partial charge in [0.25, 0.3) is 0 Å². The van der Waals surface area contributed by atoms with Crippen molar-refractivity contribution in [1.82, 2.24) is 0 Å². The Balaban J connectivity index is -0.000000320. The number of hydrogen-bond donors (Lipinski definition) is 3. The molecule has 5 heteroatoms. The van der Waals surface area contributed by atoms with Crippen LogP contribution in [0.3, 0.4) is 0 Å². The summed E-state index contributed by atoms with van der Waals surface area (Å²) in [5.41, 5.74) is 10.2. The van der Waals surface area contributed by atoms with Crippen molar-refractivity contribution in [2.45, 2.75) is 6.42 Å². The Morgan fingerprint density at radius 1 is 1.60 bits per heavy atom. The molecule has 0 spiro atoms. The summed E-state index contributed by atoms with van der Waals surface area (Å²) >= 11 is 0. The topological polar surface area (TPSA) is 89.3 Å². The molecule has 10 heavy (non-hydrogen) atoms. The average Bonchev–Trinajstić information content (AvgIpc) is 1.82. The average molecular weight is 156 g/mol. The maximum atomic E-state index is 10.2. The van der Waals surface area contributed by atoms with E-state index >= 15 is 0 Å². The summed E-state index contributed by atoms with van der Waals surface area (Å²) in [6.07, 6.45) is 0.464. The largest absolute Gasteiger partial charge is 1.00 e. The molecule has 0 aliphatic carbocycles. The van der Waals surface area contributed by atoms with Gasteiger partial charge < -0.3 is 18.0 Å². The van der Waals surface area contributed by atoms with Gasteiger partial charge in [0, 0.05) is 6.54 Å². The molecule has 0 fully saturated rings. The minimum Gasteiger partial charge on any atom is -1.00 e. The summed E-state index contributed by atoms with van der Waals surface area (Å²) in [7, 11) is 0. The van der Waals surface area contributed by atoms with Gasteiger partial charge in [0.15, 0.2) is 0 Å². The fraction of sp³-hybridized carbons (Fsp3) is 0.800. The van der Waals surface area contributed by atoms with Gasteiger partial charge in [0.1, 0.15) is 0 Å². The molecule has 0 bridgehead atoms. The molecule has 0 aliphatic heterocycles. The van der Waals surface area contributed by atoms with Gasteiger partial charge in [0.05, 0.1) is 5.92 Å². The maximum Gasteiger partial charge on any atom is 1.00 e. The van der Waals surface area contributed by atoms with Crippen molar-refractivity contribution in [2.24, 2.45) is 17.4 Å². The maximum absolute atomic E-state index is 10.2. The number of rotatable bonds is 4. The van der Waals surface area contributed by atoms with Gasteiger partial charge in [-0.2, -0.15) is 0 Å². The monoisotopic (exact) mass is 156 g/mol. The summed E-state index contributed by atoms with van der Waals surface area (Å²) in [4.78, 5) is 10.2. The second kappa shape index (κ2) is 7.50. The third kappa shape index (κ3) is 5.20. The van der Waals surface area contributed by atoms with Crippen molar-refractivity contribution >= 4 is 5.97 Å². The zero-order valence-electron chi connectivity index (χ0n) is 7.21. The molecular formula is C5H13N2NaO2. The van der Waals surface area contributed by atoms with E-state index < -0.39 is 11.9 Å². The molecule has 0 aliphatic rings. The Hall–Kier alpha value is 0.390. The number of aliphatic carboxylic acids is 1. The first-order chi connectivity index (χ1) is 4.22. The smallest absolute Gasteiger partial charge is 1.00 e. The van der Waals surface area contributed by atoms with Crippen molar-refractivity contribution in [3.8, 4) is 0 Å². The van der Waals surface area contributed by atoms with Crippen LogP contribution >= 0.6 is 0 Å². The quantitative estimate of drug-likeness (QED) is 0.363. The van der Waals surface area contributed by atoms with E-state index in [2.05, 4.69) is 0 Å². The number of carboxylic acid groups (broad SMARTS) is 1. The zero-order valence-corrected chi connectivity index (χ0v) is 8.21. The van der Waals surface area contributed by atoms with E-state index in [1.165, 1.54) is 0 Å². The molecule has 4 nitrogen and oxygen atoms in total. The molecule has 1 unspecified atom stereocenters. The van der Waals surface area contributed by atoms with Crippen molar-refractivity contribution in [1.29, 1.82) is 0 Å². The van der Waals surface area contributed by atoms with Crippen LogP contribution in [0, 0.1) is 5.92 Å². The summed E-state index contributed by atoms with van der Waals surface area (Å²) in [6.45, 7) is 0.556. The first kappa shape index (κ1) is 13.0. The Bertz CT molecular complexity index is 104. The molecule has 0 radical (unpaired) electrons. The van der Waals surface area contributed by atoms with Gasteiger partial charge in [-0.15, -0.1) is 0 Å². The van der Waals surface area contributed by atoms with Crippen molar-refractivity contribution in [3.05, 3.63) is 0 Å². The molecule has 56 valence electrons. The van der Waals surface area contributed by atoms with E-state index in [4.69, 9.17) is 16.6 Å². The van der Waals surface area contributed by atoms with Crippen molar-refractivity contribution in [2.75, 3.05) is 13.1 Å². The van der Waals surface area contributed by atoms with Crippen LogP contribution in [-0.2, 0) is 4.79 Å². The molecule has 0 aromatic heterocycles. The predicted molar refractivity (Wildman–Crippen MR) is 35.0 cm³/mol. The molecule has 0 heterocycles. The van der Waals surface area contributed by atoms with Gasteiger partial charge in [0.2, 0.25) is 0 Å². The summed E-state index contributed by atoms with van der Waals surface area (Å²) in [5.74, 6) is -1.32. The molecular weight excluding hydrogens is 143 g/mol. The van der Waals surface area contributed by atoms with Crippen LogP contribution in [-0.4, -0.2) is 24.2 Å². The van der Waals surface area contributed by atoms with Gasteiger partial charge in [-0.05, 0) is 13.0 Å². The van der Waals surface area contributed by atoms with Gasteiger partial charge in [-0.3, -0.25) is 4.79 Å². The number of carboxylic acids is 1. The predicted octanol–water partition coefficient (Wildman–Crippen LogP) is -3.89. The van der Waals surface area contributed by atoms with E-state index in [1.54, 1.807) is 0 Å². The summed E-state index contributed by atoms with van der Waals surface area (Å²) in [5, 5.41) is 8.37. The first-order valence-electron chi connectivity index (χ1n) is 2.85. The molecule has 0 saturated heterocycles. The fourth-order valence-corrected chi connectivity index (χ4v) is 0.543. The van der Waals surface area contributed by atoms with E-state index in [0.29, 0.717) is 13.0 Å². The van der Waals surface area contributed by atoms with E-state index in [-0.39, 0.29) is 37.5 Å². The first-order valence-corrected chi connectivity index (χ1v) is 2.85. The third-order valence-electron chi connectivity index (χ3n) is 1.15. The minimum atomic E-state index is -0.858. The van der Waals surface area contributed by atoms with E-state index in [1.807, 2.05) is 0 Å². The Morgan fingerprint density at radius 2 is 2.10 bits per heavy atom. The molecule has 0 aromatic carbocycles. The van der Waals surface area contributed by atoms with Crippen molar-refractivity contribution < 1.29 is 40.9 Å².